The van der Waals surface area contributed by atoms with Gasteiger partial charge < -0.3 is 24.5 Å². The third-order valence-corrected chi connectivity index (χ3v) is 5.29. The number of benzene rings is 1. The molecule has 8 nitrogen and oxygen atoms in total. The number of esters is 2. The van der Waals surface area contributed by atoms with E-state index in [4.69, 9.17) is 13.9 Å². The van der Waals surface area contributed by atoms with Crippen LogP contribution < -0.4 is 10.6 Å². The van der Waals surface area contributed by atoms with Crippen LogP contribution in [-0.4, -0.2) is 31.2 Å². The van der Waals surface area contributed by atoms with E-state index >= 15 is 0 Å². The summed E-state index contributed by atoms with van der Waals surface area (Å²) in [7, 11) is 0. The molecule has 2 amide bonds. The minimum Gasteiger partial charge on any atom is -0.467 e. The Bertz CT molecular complexity index is 976. The van der Waals surface area contributed by atoms with Crippen molar-refractivity contribution in [3.8, 4) is 0 Å². The maximum Gasteiger partial charge on any atom is 0.338 e. The van der Waals surface area contributed by atoms with E-state index in [0.717, 1.165) is 5.56 Å². The first-order chi connectivity index (χ1) is 14.5. The van der Waals surface area contributed by atoms with Gasteiger partial charge in [-0.1, -0.05) is 30.3 Å². The fraction of sp³-hybridized carbons (Fsp3) is 0.318. The summed E-state index contributed by atoms with van der Waals surface area (Å²) in [5, 5.41) is 5.23. The summed E-state index contributed by atoms with van der Waals surface area (Å²) in [6.07, 6.45) is 2.84. The summed E-state index contributed by atoms with van der Waals surface area (Å²) in [5.74, 6) is -0.631. The highest BCUT2D eigenvalue weighted by Crippen LogP contribution is 2.49. The Kier molecular flexibility index (Phi) is 5.31. The molecule has 1 aromatic carbocycles. The standard InChI is InChI=1S/C22H22N2O6/c1-2-28-19(25)17-15(23-21(27)24-18(17)16-9-6-12-29-16)13-30-20(26)22(10-11-22)14-7-4-3-5-8-14/h3-9,12,18H,2,10-11,13H2,1H3,(H2,23,24,27)/t18-/m0/s1. The van der Waals surface area contributed by atoms with E-state index in [-0.39, 0.29) is 30.5 Å². The van der Waals surface area contributed by atoms with E-state index < -0.39 is 23.5 Å². The number of amides is 2. The summed E-state index contributed by atoms with van der Waals surface area (Å²) in [6.45, 7) is 1.59. The normalized spacial score (nSPS) is 19.5. The molecule has 4 rings (SSSR count). The topological polar surface area (TPSA) is 107 Å². The highest BCUT2D eigenvalue weighted by molar-refractivity contribution is 5.95. The first kappa shape index (κ1) is 19.8. The van der Waals surface area contributed by atoms with E-state index in [1.807, 2.05) is 30.3 Å². The van der Waals surface area contributed by atoms with Gasteiger partial charge in [0.15, 0.2) is 0 Å². The van der Waals surface area contributed by atoms with Gasteiger partial charge in [-0.3, -0.25) is 4.79 Å². The molecule has 0 unspecified atom stereocenters. The predicted octanol–water partition coefficient (Wildman–Crippen LogP) is 2.73. The SMILES string of the molecule is CCOC(=O)C1=C(COC(=O)C2(c3ccccc3)CC2)NC(=O)N[C@H]1c1ccco1. The van der Waals surface area contributed by atoms with Gasteiger partial charge in [-0.05, 0) is 37.5 Å². The van der Waals surface area contributed by atoms with Crippen molar-refractivity contribution >= 4 is 18.0 Å². The van der Waals surface area contributed by atoms with Gasteiger partial charge in [0, 0.05) is 0 Å². The average Bonchev–Trinajstić information content (AvgIpc) is 3.38. The van der Waals surface area contributed by atoms with Gasteiger partial charge in [0.2, 0.25) is 0 Å². The second kappa shape index (κ2) is 8.06. The molecule has 2 aliphatic rings. The molecule has 0 bridgehead atoms. The smallest absolute Gasteiger partial charge is 0.338 e. The number of nitrogens with one attached hydrogen (secondary N) is 2. The zero-order valence-corrected chi connectivity index (χ0v) is 16.5. The number of hydrogen-bond donors (Lipinski definition) is 2. The van der Waals surface area contributed by atoms with Crippen molar-refractivity contribution in [3.05, 3.63) is 71.3 Å². The summed E-state index contributed by atoms with van der Waals surface area (Å²) < 4.78 is 16.1. The van der Waals surface area contributed by atoms with Gasteiger partial charge in [0.25, 0.3) is 0 Å². The maximum atomic E-state index is 12.9. The molecule has 1 aromatic heterocycles. The molecule has 1 saturated carbocycles. The molecule has 2 N–H and O–H groups in total. The minimum atomic E-state index is -0.842. The van der Waals surface area contributed by atoms with Crippen molar-refractivity contribution in [1.82, 2.24) is 10.6 Å². The summed E-state index contributed by atoms with van der Waals surface area (Å²) in [4.78, 5) is 37.7. The lowest BCUT2D eigenvalue weighted by Gasteiger charge is -2.28. The molecule has 0 saturated heterocycles. The van der Waals surface area contributed by atoms with Gasteiger partial charge >= 0.3 is 18.0 Å². The molecule has 8 heteroatoms. The molecule has 1 atom stereocenters. The molecule has 156 valence electrons. The van der Waals surface area contributed by atoms with Gasteiger partial charge in [-0.2, -0.15) is 0 Å². The van der Waals surface area contributed by atoms with E-state index in [2.05, 4.69) is 10.6 Å². The zero-order valence-electron chi connectivity index (χ0n) is 16.5. The third-order valence-electron chi connectivity index (χ3n) is 5.29. The highest BCUT2D eigenvalue weighted by Gasteiger charge is 2.53. The second-order valence-electron chi connectivity index (χ2n) is 7.18. The Labute approximate surface area is 173 Å². The number of carbonyl (C=O) groups is 3. The monoisotopic (exact) mass is 410 g/mol. The first-order valence-electron chi connectivity index (χ1n) is 9.79. The highest BCUT2D eigenvalue weighted by atomic mass is 16.5. The largest absolute Gasteiger partial charge is 0.467 e. The molecule has 1 aliphatic carbocycles. The summed E-state index contributed by atoms with van der Waals surface area (Å²) in [6, 6.07) is 11.4. The third kappa shape index (κ3) is 3.68. The molecule has 1 aliphatic heterocycles. The van der Waals surface area contributed by atoms with Crippen molar-refractivity contribution in [2.45, 2.75) is 31.2 Å². The van der Waals surface area contributed by atoms with Crippen LogP contribution in [-0.2, 0) is 24.5 Å². The van der Waals surface area contributed by atoms with E-state index in [9.17, 15) is 14.4 Å². The van der Waals surface area contributed by atoms with Crippen molar-refractivity contribution in [2.75, 3.05) is 13.2 Å². The van der Waals surface area contributed by atoms with E-state index in [1.165, 1.54) is 6.26 Å². The molecule has 30 heavy (non-hydrogen) atoms. The van der Waals surface area contributed by atoms with Crippen LogP contribution >= 0.6 is 0 Å². The van der Waals surface area contributed by atoms with Gasteiger partial charge in [-0.15, -0.1) is 0 Å². The minimum absolute atomic E-state index is 0.142. The van der Waals surface area contributed by atoms with Crippen molar-refractivity contribution in [1.29, 1.82) is 0 Å². The molecule has 0 radical (unpaired) electrons. The molecule has 2 aromatic rings. The van der Waals surface area contributed by atoms with Crippen LogP contribution in [0.1, 0.15) is 37.1 Å². The Balaban J connectivity index is 1.59. The summed E-state index contributed by atoms with van der Waals surface area (Å²) in [5.41, 5.74) is 0.556. The number of furan rings is 1. The number of ether oxygens (including phenoxy) is 2. The first-order valence-corrected chi connectivity index (χ1v) is 9.79. The number of carbonyl (C=O) groups excluding carboxylic acids is 3. The number of urea groups is 1. The van der Waals surface area contributed by atoms with Crippen LogP contribution in [0.3, 0.4) is 0 Å². The lowest BCUT2D eigenvalue weighted by atomic mass is 9.96. The maximum absolute atomic E-state index is 12.9. The Morgan fingerprint density at radius 1 is 1.13 bits per heavy atom. The average molecular weight is 410 g/mol. The van der Waals surface area contributed by atoms with Gasteiger partial charge in [0.1, 0.15) is 18.4 Å². The predicted molar refractivity (Wildman–Crippen MR) is 105 cm³/mol. The molecule has 1 fully saturated rings. The van der Waals surface area contributed by atoms with E-state index in [1.54, 1.807) is 19.1 Å². The number of rotatable bonds is 7. The van der Waals surface area contributed by atoms with Crippen LogP contribution in [0.15, 0.2) is 64.4 Å². The summed E-state index contributed by atoms with van der Waals surface area (Å²) >= 11 is 0. The van der Waals surface area contributed by atoms with Crippen LogP contribution in [0, 0.1) is 0 Å². The van der Waals surface area contributed by atoms with Gasteiger partial charge in [-0.25, -0.2) is 9.59 Å². The lowest BCUT2D eigenvalue weighted by Crippen LogP contribution is -2.47. The fourth-order valence-electron chi connectivity index (χ4n) is 3.62. The van der Waals surface area contributed by atoms with Crippen LogP contribution in [0.4, 0.5) is 4.79 Å². The Morgan fingerprint density at radius 3 is 2.53 bits per heavy atom. The van der Waals surface area contributed by atoms with Crippen LogP contribution in [0.2, 0.25) is 0 Å². The molecule has 2 heterocycles. The quantitative estimate of drug-likeness (QED) is 0.680. The van der Waals surface area contributed by atoms with Gasteiger partial charge in [0.05, 0.1) is 29.6 Å². The fourth-order valence-corrected chi connectivity index (χ4v) is 3.62. The van der Waals surface area contributed by atoms with Crippen molar-refractivity contribution < 1.29 is 28.3 Å². The van der Waals surface area contributed by atoms with Crippen molar-refractivity contribution in [2.24, 2.45) is 0 Å². The zero-order chi connectivity index (χ0) is 21.1. The second-order valence-corrected chi connectivity index (χ2v) is 7.18. The van der Waals surface area contributed by atoms with Crippen LogP contribution in [0.5, 0.6) is 0 Å². The van der Waals surface area contributed by atoms with Crippen LogP contribution in [0.25, 0.3) is 0 Å². The molecular formula is C22H22N2O6. The Morgan fingerprint density at radius 2 is 1.90 bits per heavy atom. The Hall–Kier alpha value is -3.55. The lowest BCUT2D eigenvalue weighted by molar-refractivity contribution is -0.146. The number of hydrogen-bond acceptors (Lipinski definition) is 6. The molecular weight excluding hydrogens is 388 g/mol. The van der Waals surface area contributed by atoms with E-state index in [0.29, 0.717) is 18.6 Å². The van der Waals surface area contributed by atoms with Crippen molar-refractivity contribution in [3.63, 3.8) is 0 Å². The molecule has 0 spiro atoms.